The largest absolute Gasteiger partial charge is 0.328 e. The molecule has 0 bridgehead atoms. The van der Waals surface area contributed by atoms with Crippen molar-refractivity contribution in [3.63, 3.8) is 0 Å². The van der Waals surface area contributed by atoms with Crippen LogP contribution in [0.25, 0.3) is 11.0 Å². The van der Waals surface area contributed by atoms with Gasteiger partial charge in [-0.25, -0.2) is 4.79 Å². The number of carbonyl (C=O) groups excluding carboxylic acids is 1. The molecule has 0 atom stereocenters. The summed E-state index contributed by atoms with van der Waals surface area (Å²) in [6.07, 6.45) is 0.327. The van der Waals surface area contributed by atoms with Gasteiger partial charge in [-0.3, -0.25) is 13.9 Å². The van der Waals surface area contributed by atoms with E-state index >= 15 is 0 Å². The van der Waals surface area contributed by atoms with E-state index < -0.39 is 0 Å². The van der Waals surface area contributed by atoms with Crippen molar-refractivity contribution in [1.29, 1.82) is 0 Å². The van der Waals surface area contributed by atoms with Crippen LogP contribution in [0, 0.1) is 6.92 Å². The first kappa shape index (κ1) is 15.1. The Balaban J connectivity index is 1.82. The monoisotopic (exact) mass is 309 g/mol. The number of hydrogen-bond acceptors (Lipinski definition) is 2. The van der Waals surface area contributed by atoms with E-state index in [9.17, 15) is 9.59 Å². The number of aromatic nitrogens is 2. The summed E-state index contributed by atoms with van der Waals surface area (Å²) in [4.78, 5) is 24.1. The lowest BCUT2D eigenvalue weighted by Gasteiger charge is -2.07. The number of nitrogens with one attached hydrogen (secondary N) is 1. The van der Waals surface area contributed by atoms with Crippen LogP contribution in [0.3, 0.4) is 0 Å². The van der Waals surface area contributed by atoms with Gasteiger partial charge in [0.05, 0.1) is 17.5 Å². The van der Waals surface area contributed by atoms with Gasteiger partial charge in [-0.05, 0) is 30.7 Å². The normalized spacial score (nSPS) is 10.9. The van der Waals surface area contributed by atoms with E-state index in [2.05, 4.69) is 5.32 Å². The standard InChI is InChI=1S/C18H19N3O2/c1-12-5-4-6-13(9-12)10-17(22)19-14-7-8-15-16(11-14)21(3)18(23)20(15)2/h4-9,11H,10H2,1-3H3,(H,19,22). The predicted molar refractivity (Wildman–Crippen MR) is 91.7 cm³/mol. The topological polar surface area (TPSA) is 56.0 Å². The van der Waals surface area contributed by atoms with E-state index in [1.165, 1.54) is 0 Å². The fraction of sp³-hybridized carbons (Fsp3) is 0.222. The molecule has 0 radical (unpaired) electrons. The van der Waals surface area contributed by atoms with E-state index in [1.807, 2.05) is 49.4 Å². The first-order chi connectivity index (χ1) is 11.0. The van der Waals surface area contributed by atoms with Crippen LogP contribution >= 0.6 is 0 Å². The van der Waals surface area contributed by atoms with E-state index in [4.69, 9.17) is 0 Å². The van der Waals surface area contributed by atoms with Gasteiger partial charge in [-0.2, -0.15) is 0 Å². The third-order valence-corrected chi connectivity index (χ3v) is 4.00. The highest BCUT2D eigenvalue weighted by atomic mass is 16.2. The number of anilines is 1. The number of carbonyl (C=O) groups is 1. The molecule has 0 fully saturated rings. The number of aryl methyl sites for hydroxylation is 3. The fourth-order valence-electron chi connectivity index (χ4n) is 2.80. The molecule has 1 heterocycles. The highest BCUT2D eigenvalue weighted by Gasteiger charge is 2.10. The van der Waals surface area contributed by atoms with Crippen LogP contribution in [0.2, 0.25) is 0 Å². The van der Waals surface area contributed by atoms with Crippen molar-refractivity contribution < 1.29 is 4.79 Å². The van der Waals surface area contributed by atoms with Gasteiger partial charge in [-0.1, -0.05) is 29.8 Å². The number of nitrogens with zero attached hydrogens (tertiary/aromatic N) is 2. The molecule has 2 aromatic carbocycles. The molecule has 118 valence electrons. The van der Waals surface area contributed by atoms with Gasteiger partial charge >= 0.3 is 5.69 Å². The highest BCUT2D eigenvalue weighted by molar-refractivity contribution is 5.94. The predicted octanol–water partition coefficient (Wildman–Crippen LogP) is 2.37. The third kappa shape index (κ3) is 2.90. The van der Waals surface area contributed by atoms with Crippen molar-refractivity contribution in [2.45, 2.75) is 13.3 Å². The lowest BCUT2D eigenvalue weighted by atomic mass is 10.1. The number of amides is 1. The molecule has 0 aliphatic heterocycles. The maximum absolute atomic E-state index is 12.2. The molecule has 0 spiro atoms. The van der Waals surface area contributed by atoms with Crippen molar-refractivity contribution in [2.75, 3.05) is 5.32 Å². The second kappa shape index (κ2) is 5.76. The van der Waals surface area contributed by atoms with E-state index in [0.717, 1.165) is 22.2 Å². The molecule has 1 aromatic heterocycles. The van der Waals surface area contributed by atoms with Crippen LogP contribution in [0.4, 0.5) is 5.69 Å². The summed E-state index contributed by atoms with van der Waals surface area (Å²) in [5.41, 5.74) is 4.37. The van der Waals surface area contributed by atoms with Gasteiger partial charge in [0.2, 0.25) is 5.91 Å². The Kier molecular flexibility index (Phi) is 3.78. The van der Waals surface area contributed by atoms with Crippen molar-refractivity contribution in [3.05, 3.63) is 64.1 Å². The molecule has 0 aliphatic rings. The minimum Gasteiger partial charge on any atom is -0.326 e. The molecular formula is C18H19N3O2. The minimum absolute atomic E-state index is 0.0733. The smallest absolute Gasteiger partial charge is 0.326 e. The average molecular weight is 309 g/mol. The maximum Gasteiger partial charge on any atom is 0.328 e. The van der Waals surface area contributed by atoms with Gasteiger partial charge < -0.3 is 5.32 Å². The molecule has 0 saturated heterocycles. The molecule has 23 heavy (non-hydrogen) atoms. The Morgan fingerprint density at radius 2 is 1.78 bits per heavy atom. The number of fused-ring (bicyclic) bond motifs is 1. The van der Waals surface area contributed by atoms with Crippen molar-refractivity contribution in [1.82, 2.24) is 9.13 Å². The SMILES string of the molecule is Cc1cccc(CC(=O)Nc2ccc3c(c2)n(C)c(=O)n3C)c1. The zero-order valence-corrected chi connectivity index (χ0v) is 13.5. The molecule has 5 nitrogen and oxygen atoms in total. The summed E-state index contributed by atoms with van der Waals surface area (Å²) < 4.78 is 3.17. The lowest BCUT2D eigenvalue weighted by Crippen LogP contribution is -2.19. The average Bonchev–Trinajstić information content (AvgIpc) is 2.72. The molecule has 0 aliphatic carbocycles. The van der Waals surface area contributed by atoms with E-state index in [1.54, 1.807) is 23.2 Å². The summed E-state index contributed by atoms with van der Waals surface area (Å²) >= 11 is 0. The summed E-state index contributed by atoms with van der Waals surface area (Å²) in [6, 6.07) is 13.4. The number of rotatable bonds is 3. The Morgan fingerprint density at radius 1 is 1.04 bits per heavy atom. The highest BCUT2D eigenvalue weighted by Crippen LogP contribution is 2.18. The molecule has 3 aromatic rings. The molecule has 5 heteroatoms. The summed E-state index contributed by atoms with van der Waals surface area (Å²) in [7, 11) is 3.46. The maximum atomic E-state index is 12.2. The lowest BCUT2D eigenvalue weighted by molar-refractivity contribution is -0.115. The van der Waals surface area contributed by atoms with Gasteiger partial charge in [0.1, 0.15) is 0 Å². The Hall–Kier alpha value is -2.82. The number of imidazole rings is 1. The van der Waals surface area contributed by atoms with Crippen LogP contribution in [0.15, 0.2) is 47.3 Å². The van der Waals surface area contributed by atoms with Crippen LogP contribution in [-0.4, -0.2) is 15.0 Å². The van der Waals surface area contributed by atoms with Gasteiger partial charge in [0.15, 0.2) is 0 Å². The summed E-state index contributed by atoms with van der Waals surface area (Å²) in [6.45, 7) is 2.01. The van der Waals surface area contributed by atoms with Gasteiger partial charge in [-0.15, -0.1) is 0 Å². The number of hydrogen-bond donors (Lipinski definition) is 1. The first-order valence-electron chi connectivity index (χ1n) is 7.46. The summed E-state index contributed by atoms with van der Waals surface area (Å²) in [5, 5.41) is 2.89. The van der Waals surface area contributed by atoms with Crippen LogP contribution < -0.4 is 11.0 Å². The Labute approximate surface area is 134 Å². The Morgan fingerprint density at radius 3 is 2.52 bits per heavy atom. The molecule has 0 unspecified atom stereocenters. The van der Waals surface area contributed by atoms with Crippen LogP contribution in [-0.2, 0) is 25.3 Å². The molecule has 3 rings (SSSR count). The van der Waals surface area contributed by atoms with Crippen molar-refractivity contribution in [2.24, 2.45) is 14.1 Å². The quantitative estimate of drug-likeness (QED) is 0.807. The Bertz CT molecular complexity index is 951. The fourth-order valence-corrected chi connectivity index (χ4v) is 2.80. The van der Waals surface area contributed by atoms with E-state index in [-0.39, 0.29) is 11.6 Å². The second-order valence-electron chi connectivity index (χ2n) is 5.82. The minimum atomic E-state index is -0.0803. The second-order valence-corrected chi connectivity index (χ2v) is 5.82. The molecular weight excluding hydrogens is 290 g/mol. The van der Waals surface area contributed by atoms with Crippen LogP contribution in [0.1, 0.15) is 11.1 Å². The molecule has 1 amide bonds. The molecule has 1 N–H and O–H groups in total. The van der Waals surface area contributed by atoms with Crippen molar-refractivity contribution >= 4 is 22.6 Å². The first-order valence-corrected chi connectivity index (χ1v) is 7.46. The molecule has 0 saturated carbocycles. The third-order valence-electron chi connectivity index (χ3n) is 4.00. The van der Waals surface area contributed by atoms with Gasteiger partial charge in [0.25, 0.3) is 0 Å². The zero-order valence-electron chi connectivity index (χ0n) is 13.5. The number of benzene rings is 2. The zero-order chi connectivity index (χ0) is 16.6. The van der Waals surface area contributed by atoms with Gasteiger partial charge in [0, 0.05) is 19.8 Å². The van der Waals surface area contributed by atoms with Crippen molar-refractivity contribution in [3.8, 4) is 0 Å². The summed E-state index contributed by atoms with van der Waals surface area (Å²) in [5.74, 6) is -0.0733. The van der Waals surface area contributed by atoms with Crippen LogP contribution in [0.5, 0.6) is 0 Å². The van der Waals surface area contributed by atoms with E-state index in [0.29, 0.717) is 12.1 Å².